The number of aryl methyl sites for hydroxylation is 1. The number of rotatable bonds is 8. The number of carbonyl (C=O) groups is 2. The van der Waals surface area contributed by atoms with E-state index in [0.29, 0.717) is 5.76 Å². The molecule has 1 unspecified atom stereocenters. The first-order valence-electron chi connectivity index (χ1n) is 10.4. The highest BCUT2D eigenvalue weighted by Crippen LogP contribution is 2.28. The van der Waals surface area contributed by atoms with E-state index in [4.69, 9.17) is 4.42 Å². The Morgan fingerprint density at radius 2 is 1.56 bits per heavy atom. The summed E-state index contributed by atoms with van der Waals surface area (Å²) < 4.78 is 6.02. The maximum atomic E-state index is 12.7. The molecule has 0 radical (unpaired) electrons. The Labute approximate surface area is 191 Å². The van der Waals surface area contributed by atoms with Crippen LogP contribution in [0.5, 0.6) is 0 Å². The number of anilines is 1. The van der Waals surface area contributed by atoms with Gasteiger partial charge in [-0.25, -0.2) is 0 Å². The summed E-state index contributed by atoms with van der Waals surface area (Å²) in [6.45, 7) is 1.99. The van der Waals surface area contributed by atoms with Gasteiger partial charge in [0, 0.05) is 11.1 Å². The molecule has 6 heteroatoms. The van der Waals surface area contributed by atoms with Crippen molar-refractivity contribution in [2.75, 3.05) is 16.8 Å². The Bertz CT molecular complexity index is 1170. The van der Waals surface area contributed by atoms with Crippen molar-refractivity contribution in [1.82, 2.24) is 5.32 Å². The van der Waals surface area contributed by atoms with Crippen molar-refractivity contribution in [3.05, 3.63) is 102 Å². The van der Waals surface area contributed by atoms with Crippen molar-refractivity contribution in [2.45, 2.75) is 13.0 Å². The van der Waals surface area contributed by atoms with E-state index in [-0.39, 0.29) is 23.3 Å². The van der Waals surface area contributed by atoms with Gasteiger partial charge in [0.2, 0.25) is 11.8 Å². The molecule has 4 aromatic rings. The minimum absolute atomic E-state index is 0.136. The van der Waals surface area contributed by atoms with Crippen LogP contribution in [0.15, 0.2) is 89.3 Å². The van der Waals surface area contributed by atoms with Gasteiger partial charge in [-0.2, -0.15) is 0 Å². The van der Waals surface area contributed by atoms with E-state index in [1.807, 2.05) is 91.9 Å². The number of furan rings is 1. The minimum Gasteiger partial charge on any atom is -0.459 e. The molecule has 2 amide bonds. The van der Waals surface area contributed by atoms with Gasteiger partial charge in [-0.05, 0) is 36.8 Å². The standard InChI is InChI=1S/C26H24N2O3S/c1-18-11-13-21(14-12-18)27-24(29)16-32-17-25(30)28-26(19-7-3-2-4-8-19)23-15-20-9-5-6-10-22(20)31-23/h2-15,26H,16-17H2,1H3,(H,27,29)(H,28,30). The SMILES string of the molecule is Cc1ccc(NC(=O)CSCC(=O)NC(c2ccccc2)c2cc3ccccc3o2)cc1. The number of benzene rings is 3. The highest BCUT2D eigenvalue weighted by atomic mass is 32.2. The number of hydrogen-bond donors (Lipinski definition) is 2. The van der Waals surface area contributed by atoms with Crippen LogP contribution >= 0.6 is 11.8 Å². The van der Waals surface area contributed by atoms with Crippen molar-refractivity contribution in [1.29, 1.82) is 0 Å². The first-order valence-corrected chi connectivity index (χ1v) is 11.5. The minimum atomic E-state index is -0.405. The van der Waals surface area contributed by atoms with Gasteiger partial charge in [-0.1, -0.05) is 66.2 Å². The Hall–Kier alpha value is -3.51. The van der Waals surface area contributed by atoms with Crippen LogP contribution in [0.2, 0.25) is 0 Å². The van der Waals surface area contributed by atoms with Crippen LogP contribution in [-0.2, 0) is 9.59 Å². The molecule has 2 N–H and O–H groups in total. The van der Waals surface area contributed by atoms with E-state index in [0.717, 1.165) is 27.8 Å². The van der Waals surface area contributed by atoms with Gasteiger partial charge >= 0.3 is 0 Å². The fourth-order valence-electron chi connectivity index (χ4n) is 3.38. The molecule has 0 aliphatic heterocycles. The molecule has 0 saturated heterocycles. The summed E-state index contributed by atoms with van der Waals surface area (Å²) in [6.07, 6.45) is 0. The zero-order valence-corrected chi connectivity index (χ0v) is 18.5. The number of carbonyl (C=O) groups excluding carboxylic acids is 2. The molecule has 162 valence electrons. The average molecular weight is 445 g/mol. The van der Waals surface area contributed by atoms with Crippen molar-refractivity contribution in [3.8, 4) is 0 Å². The molecule has 0 fully saturated rings. The lowest BCUT2D eigenvalue weighted by molar-refractivity contribution is -0.119. The normalized spacial score (nSPS) is 11.8. The first kappa shape index (κ1) is 21.7. The summed E-state index contributed by atoms with van der Waals surface area (Å²) in [5, 5.41) is 6.88. The summed E-state index contributed by atoms with van der Waals surface area (Å²) in [5.41, 5.74) is 3.59. The largest absolute Gasteiger partial charge is 0.459 e. The fourth-order valence-corrected chi connectivity index (χ4v) is 4.01. The van der Waals surface area contributed by atoms with Crippen molar-refractivity contribution >= 4 is 40.2 Å². The maximum absolute atomic E-state index is 12.7. The number of hydrogen-bond acceptors (Lipinski definition) is 4. The lowest BCUT2D eigenvalue weighted by Crippen LogP contribution is -2.31. The van der Waals surface area contributed by atoms with Gasteiger partial charge in [0.15, 0.2) is 0 Å². The molecule has 1 atom stereocenters. The molecular weight excluding hydrogens is 420 g/mol. The molecule has 1 aromatic heterocycles. The highest BCUT2D eigenvalue weighted by Gasteiger charge is 2.21. The lowest BCUT2D eigenvalue weighted by atomic mass is 10.0. The summed E-state index contributed by atoms with van der Waals surface area (Å²) in [7, 11) is 0. The molecule has 0 spiro atoms. The number of fused-ring (bicyclic) bond motifs is 1. The Kier molecular flexibility index (Phi) is 6.92. The lowest BCUT2D eigenvalue weighted by Gasteiger charge is -2.17. The molecule has 3 aromatic carbocycles. The molecule has 32 heavy (non-hydrogen) atoms. The van der Waals surface area contributed by atoms with E-state index in [2.05, 4.69) is 10.6 Å². The molecule has 0 aliphatic carbocycles. The monoisotopic (exact) mass is 444 g/mol. The quantitative estimate of drug-likeness (QED) is 0.386. The van der Waals surface area contributed by atoms with Gasteiger partial charge in [0.05, 0.1) is 11.5 Å². The average Bonchev–Trinajstić information content (AvgIpc) is 3.23. The summed E-state index contributed by atoms with van der Waals surface area (Å²) >= 11 is 1.27. The van der Waals surface area contributed by atoms with Gasteiger partial charge in [0.1, 0.15) is 17.4 Å². The smallest absolute Gasteiger partial charge is 0.234 e. The second-order valence-corrected chi connectivity index (χ2v) is 8.49. The van der Waals surface area contributed by atoms with Crippen molar-refractivity contribution in [3.63, 3.8) is 0 Å². The molecule has 0 bridgehead atoms. The van der Waals surface area contributed by atoms with Crippen LogP contribution in [0.25, 0.3) is 11.0 Å². The second-order valence-electron chi connectivity index (χ2n) is 7.50. The number of nitrogens with one attached hydrogen (secondary N) is 2. The molecule has 5 nitrogen and oxygen atoms in total. The van der Waals surface area contributed by atoms with E-state index < -0.39 is 6.04 Å². The van der Waals surface area contributed by atoms with Crippen LogP contribution < -0.4 is 10.6 Å². The number of para-hydroxylation sites is 1. The zero-order valence-electron chi connectivity index (χ0n) is 17.7. The van der Waals surface area contributed by atoms with Crippen molar-refractivity contribution in [2.24, 2.45) is 0 Å². The van der Waals surface area contributed by atoms with Crippen molar-refractivity contribution < 1.29 is 14.0 Å². The number of thioether (sulfide) groups is 1. The van der Waals surface area contributed by atoms with Crippen LogP contribution in [0.3, 0.4) is 0 Å². The Morgan fingerprint density at radius 1 is 0.875 bits per heavy atom. The summed E-state index contributed by atoms with van der Waals surface area (Å²) in [4.78, 5) is 24.9. The van der Waals surface area contributed by atoms with Gasteiger partial charge in [-0.3, -0.25) is 9.59 Å². The molecule has 0 saturated carbocycles. The van der Waals surface area contributed by atoms with E-state index in [1.165, 1.54) is 11.8 Å². The van der Waals surface area contributed by atoms with Gasteiger partial charge in [-0.15, -0.1) is 11.8 Å². The van der Waals surface area contributed by atoms with Gasteiger partial charge in [0.25, 0.3) is 0 Å². The molecule has 0 aliphatic rings. The fraction of sp³-hybridized carbons (Fsp3) is 0.154. The van der Waals surface area contributed by atoms with E-state index >= 15 is 0 Å². The highest BCUT2D eigenvalue weighted by molar-refractivity contribution is 8.00. The van der Waals surface area contributed by atoms with Crippen LogP contribution in [0.1, 0.15) is 22.9 Å². The van der Waals surface area contributed by atoms with Crippen LogP contribution in [0.4, 0.5) is 5.69 Å². The van der Waals surface area contributed by atoms with E-state index in [9.17, 15) is 9.59 Å². The Morgan fingerprint density at radius 3 is 2.31 bits per heavy atom. The molecular formula is C26H24N2O3S. The summed E-state index contributed by atoms with van der Waals surface area (Å²) in [5.74, 6) is 0.746. The van der Waals surface area contributed by atoms with Crippen LogP contribution in [0, 0.1) is 6.92 Å². The molecule has 1 heterocycles. The van der Waals surface area contributed by atoms with E-state index in [1.54, 1.807) is 0 Å². The maximum Gasteiger partial charge on any atom is 0.234 e. The second kappa shape index (κ2) is 10.2. The zero-order chi connectivity index (χ0) is 22.3. The molecule has 4 rings (SSSR count). The third-order valence-corrected chi connectivity index (χ3v) is 5.90. The topological polar surface area (TPSA) is 71.3 Å². The van der Waals surface area contributed by atoms with Gasteiger partial charge < -0.3 is 15.1 Å². The predicted octanol–water partition coefficient (Wildman–Crippen LogP) is 5.32. The first-order chi connectivity index (χ1) is 15.6. The number of amides is 2. The predicted molar refractivity (Wildman–Crippen MR) is 130 cm³/mol. The third-order valence-electron chi connectivity index (χ3n) is 4.97. The third kappa shape index (κ3) is 5.59. The Balaban J connectivity index is 1.37. The van der Waals surface area contributed by atoms with Crippen LogP contribution in [-0.4, -0.2) is 23.3 Å². The summed E-state index contributed by atoms with van der Waals surface area (Å²) in [6, 6.07) is 26.6.